The van der Waals surface area contributed by atoms with Gasteiger partial charge in [0.25, 0.3) is 0 Å². The van der Waals surface area contributed by atoms with Crippen molar-refractivity contribution < 1.29 is 9.53 Å². The third kappa shape index (κ3) is 2.83. The Bertz CT molecular complexity index is 345. The minimum Gasteiger partial charge on any atom is -0.373 e. The molecule has 1 unspecified atom stereocenters. The first-order valence-corrected chi connectivity index (χ1v) is 4.80. The number of methoxy groups -OCH3 is 1. The first-order valence-electron chi connectivity index (χ1n) is 4.80. The fourth-order valence-corrected chi connectivity index (χ4v) is 1.43. The van der Waals surface area contributed by atoms with Crippen molar-refractivity contribution >= 4 is 6.29 Å². The number of carbonyl (C=O) groups excluding carboxylic acids is 1. The van der Waals surface area contributed by atoms with E-state index in [1.807, 2.05) is 20.8 Å². The lowest BCUT2D eigenvalue weighted by atomic mass is 9.88. The van der Waals surface area contributed by atoms with Crippen LogP contribution in [0.5, 0.6) is 0 Å². The zero-order valence-corrected chi connectivity index (χ0v) is 9.52. The van der Waals surface area contributed by atoms with E-state index < -0.39 is 0 Å². The smallest absolute Gasteiger partial charge is 0.168 e. The van der Waals surface area contributed by atoms with Gasteiger partial charge in [-0.1, -0.05) is 20.8 Å². The van der Waals surface area contributed by atoms with E-state index in [4.69, 9.17) is 4.74 Å². The summed E-state index contributed by atoms with van der Waals surface area (Å²) in [5, 5.41) is 0. The molecular weight excluding hydrogens is 192 g/mol. The lowest BCUT2D eigenvalue weighted by molar-refractivity contribution is 0.00855. The maximum absolute atomic E-state index is 10.6. The molecule has 0 N–H and O–H groups in total. The predicted octanol–water partition coefficient (Wildman–Crippen LogP) is 2.02. The highest BCUT2D eigenvalue weighted by atomic mass is 16.5. The fourth-order valence-electron chi connectivity index (χ4n) is 1.43. The monoisotopic (exact) mass is 208 g/mol. The van der Waals surface area contributed by atoms with E-state index in [0.717, 1.165) is 0 Å². The Balaban J connectivity index is 3.07. The maximum atomic E-state index is 10.6. The zero-order valence-electron chi connectivity index (χ0n) is 9.52. The van der Waals surface area contributed by atoms with Gasteiger partial charge in [0.05, 0.1) is 0 Å². The highest BCUT2D eigenvalue weighted by molar-refractivity contribution is 5.71. The molecule has 0 saturated heterocycles. The third-order valence-electron chi connectivity index (χ3n) is 2.07. The van der Waals surface area contributed by atoms with Crippen molar-refractivity contribution in [3.63, 3.8) is 0 Å². The average molecular weight is 208 g/mol. The number of rotatable bonds is 3. The zero-order chi connectivity index (χ0) is 11.5. The molecule has 0 radical (unpaired) electrons. The van der Waals surface area contributed by atoms with Crippen LogP contribution in [-0.4, -0.2) is 23.4 Å². The normalized spacial score (nSPS) is 13.6. The number of carbonyl (C=O) groups is 1. The molecule has 4 heteroatoms. The number of aldehydes is 1. The summed E-state index contributed by atoms with van der Waals surface area (Å²) in [6.45, 7) is 6.12. The van der Waals surface area contributed by atoms with E-state index in [0.29, 0.717) is 17.8 Å². The number of aromatic nitrogens is 2. The van der Waals surface area contributed by atoms with Crippen molar-refractivity contribution in [1.29, 1.82) is 0 Å². The Labute approximate surface area is 89.7 Å². The van der Waals surface area contributed by atoms with Gasteiger partial charge in [-0.25, -0.2) is 9.97 Å². The van der Waals surface area contributed by atoms with E-state index in [1.165, 1.54) is 0 Å². The number of nitrogens with zero attached hydrogens (tertiary/aromatic N) is 2. The van der Waals surface area contributed by atoms with Crippen LogP contribution in [0.1, 0.15) is 43.2 Å². The molecule has 82 valence electrons. The lowest BCUT2D eigenvalue weighted by Gasteiger charge is -2.27. The standard InChI is InChI=1S/C11H16N2O2/c1-11(2,3)9(15-4)10-12-6-5-8(7-14)13-10/h5-7,9H,1-4H3. The van der Waals surface area contributed by atoms with Gasteiger partial charge < -0.3 is 4.74 Å². The molecule has 0 saturated carbocycles. The molecule has 4 nitrogen and oxygen atoms in total. The van der Waals surface area contributed by atoms with Crippen LogP contribution in [0.15, 0.2) is 12.3 Å². The van der Waals surface area contributed by atoms with Gasteiger partial charge in [-0.2, -0.15) is 0 Å². The minimum atomic E-state index is -0.211. The second-order valence-corrected chi connectivity index (χ2v) is 4.44. The molecule has 0 aliphatic rings. The predicted molar refractivity (Wildman–Crippen MR) is 56.6 cm³/mol. The minimum absolute atomic E-state index is 0.101. The summed E-state index contributed by atoms with van der Waals surface area (Å²) in [7, 11) is 1.62. The van der Waals surface area contributed by atoms with Crippen molar-refractivity contribution in [3.8, 4) is 0 Å². The molecule has 0 amide bonds. The molecule has 15 heavy (non-hydrogen) atoms. The Morgan fingerprint density at radius 3 is 2.60 bits per heavy atom. The van der Waals surface area contributed by atoms with Gasteiger partial charge in [0, 0.05) is 13.3 Å². The summed E-state index contributed by atoms with van der Waals surface area (Å²) in [5.74, 6) is 0.551. The number of hydrogen-bond donors (Lipinski definition) is 0. The molecule has 1 aromatic rings. The Morgan fingerprint density at radius 1 is 1.47 bits per heavy atom. The maximum Gasteiger partial charge on any atom is 0.168 e. The van der Waals surface area contributed by atoms with E-state index in [9.17, 15) is 4.79 Å². The van der Waals surface area contributed by atoms with Crippen molar-refractivity contribution in [3.05, 3.63) is 23.8 Å². The summed E-state index contributed by atoms with van der Waals surface area (Å²) >= 11 is 0. The topological polar surface area (TPSA) is 52.1 Å². The van der Waals surface area contributed by atoms with Crippen LogP contribution in [0, 0.1) is 5.41 Å². The van der Waals surface area contributed by atoms with Gasteiger partial charge in [0.1, 0.15) is 11.8 Å². The highest BCUT2D eigenvalue weighted by Gasteiger charge is 2.28. The van der Waals surface area contributed by atoms with Crippen LogP contribution >= 0.6 is 0 Å². The van der Waals surface area contributed by atoms with Gasteiger partial charge in [-0.3, -0.25) is 4.79 Å². The van der Waals surface area contributed by atoms with E-state index >= 15 is 0 Å². The second kappa shape index (κ2) is 4.49. The molecule has 1 aromatic heterocycles. The summed E-state index contributed by atoms with van der Waals surface area (Å²) in [4.78, 5) is 18.8. The van der Waals surface area contributed by atoms with Gasteiger partial charge in [-0.05, 0) is 11.5 Å². The SMILES string of the molecule is COC(c1nccc(C=O)n1)C(C)(C)C. The van der Waals surface area contributed by atoms with Crippen LogP contribution in [0.3, 0.4) is 0 Å². The molecular formula is C11H16N2O2. The van der Waals surface area contributed by atoms with E-state index in [1.54, 1.807) is 19.4 Å². The summed E-state index contributed by atoms with van der Waals surface area (Å²) in [6, 6.07) is 1.58. The molecule has 0 fully saturated rings. The Morgan fingerprint density at radius 2 is 2.13 bits per heavy atom. The second-order valence-electron chi connectivity index (χ2n) is 4.44. The average Bonchev–Trinajstić information content (AvgIpc) is 2.17. The van der Waals surface area contributed by atoms with Crippen molar-refractivity contribution in [2.45, 2.75) is 26.9 Å². The lowest BCUT2D eigenvalue weighted by Crippen LogP contribution is -2.22. The number of hydrogen-bond acceptors (Lipinski definition) is 4. The van der Waals surface area contributed by atoms with Gasteiger partial charge in [0.2, 0.25) is 0 Å². The molecule has 0 bridgehead atoms. The molecule has 1 heterocycles. The number of ether oxygens (including phenoxy) is 1. The van der Waals surface area contributed by atoms with Gasteiger partial charge in [0.15, 0.2) is 12.1 Å². The van der Waals surface area contributed by atoms with Crippen LogP contribution in [0.25, 0.3) is 0 Å². The van der Waals surface area contributed by atoms with Crippen LogP contribution in [-0.2, 0) is 4.74 Å². The summed E-state index contributed by atoms with van der Waals surface area (Å²) < 4.78 is 5.36. The van der Waals surface area contributed by atoms with Crippen LogP contribution in [0.4, 0.5) is 0 Å². The Kier molecular flexibility index (Phi) is 3.52. The highest BCUT2D eigenvalue weighted by Crippen LogP contribution is 2.33. The van der Waals surface area contributed by atoms with Crippen LogP contribution < -0.4 is 0 Å². The summed E-state index contributed by atoms with van der Waals surface area (Å²) in [6.07, 6.45) is 2.07. The Hall–Kier alpha value is -1.29. The molecule has 0 aliphatic carbocycles. The van der Waals surface area contributed by atoms with Crippen LogP contribution in [0.2, 0.25) is 0 Å². The van der Waals surface area contributed by atoms with Crippen molar-refractivity contribution in [1.82, 2.24) is 9.97 Å². The third-order valence-corrected chi connectivity index (χ3v) is 2.07. The fraction of sp³-hybridized carbons (Fsp3) is 0.545. The quantitative estimate of drug-likeness (QED) is 0.713. The molecule has 1 atom stereocenters. The van der Waals surface area contributed by atoms with E-state index in [2.05, 4.69) is 9.97 Å². The molecule has 1 rings (SSSR count). The molecule has 0 aliphatic heterocycles. The van der Waals surface area contributed by atoms with E-state index in [-0.39, 0.29) is 11.5 Å². The summed E-state index contributed by atoms with van der Waals surface area (Å²) in [5.41, 5.74) is 0.280. The van der Waals surface area contributed by atoms with Gasteiger partial charge in [-0.15, -0.1) is 0 Å². The van der Waals surface area contributed by atoms with Crippen molar-refractivity contribution in [2.75, 3.05) is 7.11 Å². The molecule has 0 aromatic carbocycles. The van der Waals surface area contributed by atoms with Gasteiger partial charge >= 0.3 is 0 Å². The largest absolute Gasteiger partial charge is 0.373 e. The first kappa shape index (κ1) is 11.8. The molecule has 0 spiro atoms. The van der Waals surface area contributed by atoms with Crippen molar-refractivity contribution in [2.24, 2.45) is 5.41 Å². The first-order chi connectivity index (χ1) is 6.99.